The fourth-order valence-corrected chi connectivity index (χ4v) is 2.46. The lowest BCUT2D eigenvalue weighted by Crippen LogP contribution is -2.63. The normalized spacial score (nSPS) is 17.4. The molecule has 3 nitrogen and oxygen atoms in total. The van der Waals surface area contributed by atoms with Crippen LogP contribution in [0.5, 0.6) is 0 Å². The number of hydrogen-bond acceptors (Lipinski definition) is 2. The molecule has 98 valence electrons. The third kappa shape index (κ3) is 2.91. The Bertz CT molecular complexity index is 419. The predicted molar refractivity (Wildman–Crippen MR) is 71.3 cm³/mol. The maximum atomic E-state index is 12.0. The molecule has 0 radical (unpaired) electrons. The first-order chi connectivity index (χ1) is 8.52. The first-order valence-electron chi connectivity index (χ1n) is 6.58. The Morgan fingerprint density at radius 3 is 2.50 bits per heavy atom. The second kappa shape index (κ2) is 5.11. The Morgan fingerprint density at radius 2 is 1.94 bits per heavy atom. The summed E-state index contributed by atoms with van der Waals surface area (Å²) in [4.78, 5) is 13.7. The third-order valence-corrected chi connectivity index (χ3v) is 3.51. The molecule has 0 aromatic heterocycles. The number of carbonyl (C=O) groups excluding carboxylic acids is 1. The summed E-state index contributed by atoms with van der Waals surface area (Å²) in [6, 6.07) is 8.02. The van der Waals surface area contributed by atoms with Gasteiger partial charge in [0.15, 0.2) is 0 Å². The molecule has 2 rings (SSSR count). The van der Waals surface area contributed by atoms with Crippen molar-refractivity contribution in [2.45, 2.75) is 38.7 Å². The first-order valence-corrected chi connectivity index (χ1v) is 6.58. The van der Waals surface area contributed by atoms with Crippen LogP contribution in [0.25, 0.3) is 0 Å². The zero-order chi connectivity index (χ0) is 13.2. The lowest BCUT2D eigenvalue weighted by molar-refractivity contribution is -0.155. The molecule has 1 heterocycles. The van der Waals surface area contributed by atoms with E-state index >= 15 is 0 Å². The third-order valence-electron chi connectivity index (χ3n) is 3.51. The summed E-state index contributed by atoms with van der Waals surface area (Å²) in [5, 5.41) is 10.0. The molecular formula is C15H21NO2. The molecule has 0 atom stereocenters. The molecule has 1 aromatic carbocycles. The molecule has 1 saturated heterocycles. The van der Waals surface area contributed by atoms with Gasteiger partial charge in [0, 0.05) is 0 Å². The van der Waals surface area contributed by atoms with E-state index in [9.17, 15) is 9.90 Å². The lowest BCUT2D eigenvalue weighted by Gasteiger charge is -2.46. The molecule has 1 aliphatic heterocycles. The highest BCUT2D eigenvalue weighted by Gasteiger charge is 2.42. The smallest absolute Gasteiger partial charge is 0.227 e. The maximum absolute atomic E-state index is 12.0. The van der Waals surface area contributed by atoms with Crippen LogP contribution >= 0.6 is 0 Å². The number of aliphatic hydroxyl groups is 1. The van der Waals surface area contributed by atoms with E-state index in [4.69, 9.17) is 0 Å². The van der Waals surface area contributed by atoms with E-state index in [0.29, 0.717) is 19.5 Å². The van der Waals surface area contributed by atoms with Crippen molar-refractivity contribution >= 4 is 5.91 Å². The Hall–Kier alpha value is -1.35. The average Bonchev–Trinajstić information content (AvgIpc) is 2.29. The molecule has 1 aromatic rings. The van der Waals surface area contributed by atoms with Crippen LogP contribution in [-0.2, 0) is 11.2 Å². The van der Waals surface area contributed by atoms with Crippen LogP contribution in [0, 0.1) is 6.92 Å². The van der Waals surface area contributed by atoms with Crippen LogP contribution in [0.4, 0.5) is 0 Å². The summed E-state index contributed by atoms with van der Waals surface area (Å²) in [6.45, 7) is 5.07. The van der Waals surface area contributed by atoms with E-state index in [-0.39, 0.29) is 5.91 Å². The molecule has 1 N–H and O–H groups in total. The van der Waals surface area contributed by atoms with Crippen molar-refractivity contribution in [3.63, 3.8) is 0 Å². The topological polar surface area (TPSA) is 40.5 Å². The summed E-state index contributed by atoms with van der Waals surface area (Å²) in [6.07, 6.45) is 2.17. The minimum atomic E-state index is -0.627. The van der Waals surface area contributed by atoms with Gasteiger partial charge in [0.2, 0.25) is 5.91 Å². The molecule has 0 saturated carbocycles. The second-order valence-electron chi connectivity index (χ2n) is 5.39. The van der Waals surface area contributed by atoms with Gasteiger partial charge in [-0.1, -0.05) is 43.2 Å². The number of β-amino-alcohol motifs (C(OH)–C–C–N with tert-alkyl or cyclic N) is 1. The Labute approximate surface area is 108 Å². The van der Waals surface area contributed by atoms with Gasteiger partial charge >= 0.3 is 0 Å². The lowest BCUT2D eigenvalue weighted by atomic mass is 9.89. The number of aryl methyl sites for hydroxylation is 1. The number of likely N-dealkylation sites (tertiary alicyclic amines) is 1. The highest BCUT2D eigenvalue weighted by Crippen LogP contribution is 2.26. The van der Waals surface area contributed by atoms with Crippen molar-refractivity contribution in [2.24, 2.45) is 0 Å². The summed E-state index contributed by atoms with van der Waals surface area (Å²) in [5.74, 6) is 0.111. The van der Waals surface area contributed by atoms with Gasteiger partial charge in [0.1, 0.15) is 0 Å². The van der Waals surface area contributed by atoms with Crippen LogP contribution in [0.2, 0.25) is 0 Å². The molecule has 1 aliphatic rings. The SMILES string of the molecule is CCCC1(O)CN(C(=O)Cc2ccc(C)cc2)C1. The van der Waals surface area contributed by atoms with E-state index in [1.165, 1.54) is 5.56 Å². The molecule has 0 bridgehead atoms. The fourth-order valence-electron chi connectivity index (χ4n) is 2.46. The van der Waals surface area contributed by atoms with Crippen molar-refractivity contribution in [2.75, 3.05) is 13.1 Å². The standard InChI is InChI=1S/C15H21NO2/c1-3-8-15(18)10-16(11-15)14(17)9-13-6-4-12(2)5-7-13/h4-7,18H,3,8-11H2,1-2H3. The Kier molecular flexibility index (Phi) is 3.71. The summed E-state index contributed by atoms with van der Waals surface area (Å²) in [7, 11) is 0. The van der Waals surface area contributed by atoms with Gasteiger partial charge in [0.05, 0.1) is 25.1 Å². The first kappa shape index (κ1) is 13.1. The monoisotopic (exact) mass is 247 g/mol. The zero-order valence-corrected chi connectivity index (χ0v) is 11.1. The van der Waals surface area contributed by atoms with Crippen LogP contribution in [0.15, 0.2) is 24.3 Å². The number of carbonyl (C=O) groups is 1. The van der Waals surface area contributed by atoms with Crippen LogP contribution in [0.3, 0.4) is 0 Å². The van der Waals surface area contributed by atoms with Crippen molar-refractivity contribution in [3.8, 4) is 0 Å². The highest BCUT2D eigenvalue weighted by molar-refractivity contribution is 5.79. The molecule has 1 fully saturated rings. The number of hydrogen-bond donors (Lipinski definition) is 1. The maximum Gasteiger partial charge on any atom is 0.227 e. The van der Waals surface area contributed by atoms with Gasteiger partial charge in [-0.05, 0) is 18.9 Å². The molecule has 0 aliphatic carbocycles. The number of benzene rings is 1. The van der Waals surface area contributed by atoms with Gasteiger partial charge in [-0.3, -0.25) is 4.79 Å². The van der Waals surface area contributed by atoms with E-state index in [2.05, 4.69) is 6.92 Å². The van der Waals surface area contributed by atoms with Crippen molar-refractivity contribution < 1.29 is 9.90 Å². The van der Waals surface area contributed by atoms with Crippen LogP contribution in [0.1, 0.15) is 30.9 Å². The molecule has 18 heavy (non-hydrogen) atoms. The minimum Gasteiger partial charge on any atom is -0.386 e. The fraction of sp³-hybridized carbons (Fsp3) is 0.533. The van der Waals surface area contributed by atoms with Crippen molar-refractivity contribution in [1.82, 2.24) is 4.90 Å². The Balaban J connectivity index is 1.85. The van der Waals surface area contributed by atoms with E-state index in [1.54, 1.807) is 4.90 Å². The Morgan fingerprint density at radius 1 is 1.33 bits per heavy atom. The summed E-state index contributed by atoms with van der Waals surface area (Å²) < 4.78 is 0. The molecule has 1 amide bonds. The van der Waals surface area contributed by atoms with Crippen molar-refractivity contribution in [1.29, 1.82) is 0 Å². The number of nitrogens with zero attached hydrogens (tertiary/aromatic N) is 1. The zero-order valence-electron chi connectivity index (χ0n) is 11.1. The van der Waals surface area contributed by atoms with Crippen LogP contribution < -0.4 is 0 Å². The largest absolute Gasteiger partial charge is 0.386 e. The minimum absolute atomic E-state index is 0.111. The number of rotatable bonds is 4. The molecule has 3 heteroatoms. The second-order valence-corrected chi connectivity index (χ2v) is 5.39. The highest BCUT2D eigenvalue weighted by atomic mass is 16.3. The molecule has 0 spiro atoms. The van der Waals surface area contributed by atoms with Gasteiger partial charge in [0.25, 0.3) is 0 Å². The van der Waals surface area contributed by atoms with Gasteiger partial charge in [-0.15, -0.1) is 0 Å². The number of amides is 1. The van der Waals surface area contributed by atoms with E-state index in [1.807, 2.05) is 31.2 Å². The quantitative estimate of drug-likeness (QED) is 0.883. The molecule has 0 unspecified atom stereocenters. The van der Waals surface area contributed by atoms with Crippen LogP contribution in [-0.4, -0.2) is 34.6 Å². The summed E-state index contributed by atoms with van der Waals surface area (Å²) in [5.41, 5.74) is 1.61. The van der Waals surface area contributed by atoms with Crippen molar-refractivity contribution in [3.05, 3.63) is 35.4 Å². The van der Waals surface area contributed by atoms with Gasteiger partial charge < -0.3 is 10.0 Å². The predicted octanol–water partition coefficient (Wildman–Crippen LogP) is 1.91. The van der Waals surface area contributed by atoms with Gasteiger partial charge in [-0.2, -0.15) is 0 Å². The van der Waals surface area contributed by atoms with Gasteiger partial charge in [-0.25, -0.2) is 0 Å². The van der Waals surface area contributed by atoms with E-state index in [0.717, 1.165) is 18.4 Å². The molecular weight excluding hydrogens is 226 g/mol. The summed E-state index contributed by atoms with van der Waals surface area (Å²) >= 11 is 0. The van der Waals surface area contributed by atoms with E-state index < -0.39 is 5.60 Å². The average molecular weight is 247 g/mol.